The van der Waals surface area contributed by atoms with Crippen molar-refractivity contribution in [2.24, 2.45) is 0 Å². The molecule has 0 heterocycles. The molecule has 0 aliphatic heterocycles. The van der Waals surface area contributed by atoms with Crippen LogP contribution in [0.2, 0.25) is 0 Å². The zero-order valence-electron chi connectivity index (χ0n) is 9.03. The highest BCUT2D eigenvalue weighted by Gasteiger charge is 2.16. The summed E-state index contributed by atoms with van der Waals surface area (Å²) in [4.78, 5) is 0. The van der Waals surface area contributed by atoms with Crippen molar-refractivity contribution in [1.82, 2.24) is 0 Å². The van der Waals surface area contributed by atoms with Crippen molar-refractivity contribution >= 4 is 10.8 Å². The Kier molecular flexibility index (Phi) is 2.03. The van der Waals surface area contributed by atoms with Crippen LogP contribution in [0.3, 0.4) is 0 Å². The lowest BCUT2D eigenvalue weighted by atomic mass is 9.88. The van der Waals surface area contributed by atoms with Gasteiger partial charge in [-0.25, -0.2) is 0 Å². The highest BCUT2D eigenvalue weighted by Crippen LogP contribution is 2.37. The maximum atomic E-state index is 10.2. The molecule has 2 heteroatoms. The Morgan fingerprint density at radius 1 is 0.938 bits per heavy atom. The highest BCUT2D eigenvalue weighted by molar-refractivity contribution is 5.91. The Hall–Kier alpha value is -1.70. The fourth-order valence-corrected chi connectivity index (χ4v) is 2.58. The molecule has 0 aromatic heterocycles. The molecule has 2 nitrogen and oxygen atoms in total. The minimum absolute atomic E-state index is 0.207. The van der Waals surface area contributed by atoms with Gasteiger partial charge in [-0.15, -0.1) is 0 Å². The van der Waals surface area contributed by atoms with Crippen molar-refractivity contribution in [3.05, 3.63) is 35.4 Å². The van der Waals surface area contributed by atoms with Crippen molar-refractivity contribution in [3.8, 4) is 11.5 Å². The van der Waals surface area contributed by atoms with Gasteiger partial charge in [-0.3, -0.25) is 0 Å². The van der Waals surface area contributed by atoms with Crippen LogP contribution in [0.4, 0.5) is 0 Å². The number of phenolic OH excluding ortho intramolecular Hbond substituents is 2. The molecule has 1 aliphatic carbocycles. The quantitative estimate of drug-likeness (QED) is 0.707. The second-order valence-corrected chi connectivity index (χ2v) is 4.48. The third kappa shape index (κ3) is 1.33. The van der Waals surface area contributed by atoms with Gasteiger partial charge in [0.25, 0.3) is 0 Å². The van der Waals surface area contributed by atoms with Gasteiger partial charge in [-0.2, -0.15) is 0 Å². The number of hydrogen-bond acceptors (Lipinski definition) is 2. The maximum absolute atomic E-state index is 10.2. The molecule has 0 fully saturated rings. The molecule has 2 aromatic carbocycles. The fraction of sp³-hybridized carbons (Fsp3) is 0.286. The molecule has 2 N–H and O–H groups in total. The van der Waals surface area contributed by atoms with Crippen molar-refractivity contribution in [1.29, 1.82) is 0 Å². The summed E-state index contributed by atoms with van der Waals surface area (Å²) < 4.78 is 0. The molecule has 0 unspecified atom stereocenters. The van der Waals surface area contributed by atoms with Gasteiger partial charge >= 0.3 is 0 Å². The van der Waals surface area contributed by atoms with Crippen LogP contribution in [0.25, 0.3) is 10.8 Å². The van der Waals surface area contributed by atoms with Gasteiger partial charge in [-0.05, 0) is 54.3 Å². The van der Waals surface area contributed by atoms with E-state index < -0.39 is 0 Å². The molecular formula is C14H14O2. The molecule has 0 radical (unpaired) electrons. The lowest BCUT2D eigenvalue weighted by Crippen LogP contribution is -2.02. The molecule has 0 saturated carbocycles. The molecule has 0 bridgehead atoms. The van der Waals surface area contributed by atoms with E-state index in [0.29, 0.717) is 5.75 Å². The highest BCUT2D eigenvalue weighted by atomic mass is 16.3. The van der Waals surface area contributed by atoms with E-state index in [-0.39, 0.29) is 5.75 Å². The first-order chi connectivity index (χ1) is 7.75. The summed E-state index contributed by atoms with van der Waals surface area (Å²) in [5.41, 5.74) is 2.34. The summed E-state index contributed by atoms with van der Waals surface area (Å²) in [6.07, 6.45) is 4.35. The Labute approximate surface area is 94.2 Å². The molecular weight excluding hydrogens is 200 g/mol. The molecule has 0 atom stereocenters. The lowest BCUT2D eigenvalue weighted by molar-refractivity contribution is 0.464. The maximum Gasteiger partial charge on any atom is 0.126 e. The minimum atomic E-state index is 0.207. The van der Waals surface area contributed by atoms with Crippen LogP contribution in [0, 0.1) is 0 Å². The zero-order chi connectivity index (χ0) is 11.1. The van der Waals surface area contributed by atoms with Crippen LogP contribution in [0.5, 0.6) is 11.5 Å². The summed E-state index contributed by atoms with van der Waals surface area (Å²) >= 11 is 0. The van der Waals surface area contributed by atoms with E-state index in [9.17, 15) is 10.2 Å². The van der Waals surface area contributed by atoms with Crippen LogP contribution in [-0.2, 0) is 12.8 Å². The summed E-state index contributed by atoms with van der Waals surface area (Å²) in [7, 11) is 0. The van der Waals surface area contributed by atoms with Gasteiger partial charge in [-0.1, -0.05) is 12.1 Å². The predicted octanol–water partition coefficient (Wildman–Crippen LogP) is 3.13. The average molecular weight is 214 g/mol. The molecule has 2 aromatic rings. The van der Waals surface area contributed by atoms with E-state index in [4.69, 9.17) is 0 Å². The van der Waals surface area contributed by atoms with Crippen LogP contribution in [0.1, 0.15) is 24.0 Å². The minimum Gasteiger partial charge on any atom is -0.508 e. The molecule has 0 amide bonds. The van der Waals surface area contributed by atoms with E-state index in [0.717, 1.165) is 35.6 Å². The van der Waals surface area contributed by atoms with Crippen molar-refractivity contribution in [3.63, 3.8) is 0 Å². The lowest BCUT2D eigenvalue weighted by Gasteiger charge is -2.18. The number of aromatic hydroxyl groups is 2. The van der Waals surface area contributed by atoms with Gasteiger partial charge in [0, 0.05) is 5.39 Å². The second kappa shape index (κ2) is 3.41. The number of fused-ring (bicyclic) bond motifs is 2. The Morgan fingerprint density at radius 2 is 1.75 bits per heavy atom. The standard InChI is InChI=1S/C14H14O2/c15-11-6-5-10-7-9-3-1-2-4-12(9)14(16)13(10)8-11/h5-8,15-16H,1-4H2. The first-order valence-electron chi connectivity index (χ1n) is 5.72. The van der Waals surface area contributed by atoms with E-state index >= 15 is 0 Å². The summed E-state index contributed by atoms with van der Waals surface area (Å²) in [6, 6.07) is 7.30. The third-order valence-electron chi connectivity index (χ3n) is 3.42. The molecule has 0 saturated heterocycles. The normalized spacial score (nSPS) is 15.0. The molecule has 3 rings (SSSR count). The molecule has 1 aliphatic rings. The van der Waals surface area contributed by atoms with Gasteiger partial charge in [0.2, 0.25) is 0 Å². The number of hydrogen-bond donors (Lipinski definition) is 2. The van der Waals surface area contributed by atoms with Crippen LogP contribution < -0.4 is 0 Å². The van der Waals surface area contributed by atoms with Crippen LogP contribution in [-0.4, -0.2) is 10.2 Å². The van der Waals surface area contributed by atoms with Crippen LogP contribution >= 0.6 is 0 Å². The van der Waals surface area contributed by atoms with Crippen molar-refractivity contribution in [2.75, 3.05) is 0 Å². The first kappa shape index (κ1) is 9.52. The summed E-state index contributed by atoms with van der Waals surface area (Å²) in [5.74, 6) is 0.571. The number of rotatable bonds is 0. The zero-order valence-corrected chi connectivity index (χ0v) is 9.03. The van der Waals surface area contributed by atoms with Crippen molar-refractivity contribution < 1.29 is 10.2 Å². The van der Waals surface area contributed by atoms with Gasteiger partial charge < -0.3 is 10.2 Å². The monoisotopic (exact) mass is 214 g/mol. The van der Waals surface area contributed by atoms with E-state index in [2.05, 4.69) is 6.07 Å². The molecule has 16 heavy (non-hydrogen) atoms. The fourth-order valence-electron chi connectivity index (χ4n) is 2.58. The Morgan fingerprint density at radius 3 is 2.62 bits per heavy atom. The van der Waals surface area contributed by atoms with Gasteiger partial charge in [0.1, 0.15) is 11.5 Å². The smallest absolute Gasteiger partial charge is 0.126 e. The van der Waals surface area contributed by atoms with Crippen molar-refractivity contribution in [2.45, 2.75) is 25.7 Å². The van der Waals surface area contributed by atoms with E-state index in [1.165, 1.54) is 12.0 Å². The van der Waals surface area contributed by atoms with Gasteiger partial charge in [0.05, 0.1) is 0 Å². The first-order valence-corrected chi connectivity index (χ1v) is 5.72. The Balaban J connectivity index is 2.35. The topological polar surface area (TPSA) is 40.5 Å². The number of benzene rings is 2. The Bertz CT molecular complexity index is 558. The number of phenols is 2. The van der Waals surface area contributed by atoms with Gasteiger partial charge in [0.15, 0.2) is 0 Å². The van der Waals surface area contributed by atoms with Crippen LogP contribution in [0.15, 0.2) is 24.3 Å². The molecule has 0 spiro atoms. The predicted molar refractivity (Wildman–Crippen MR) is 63.9 cm³/mol. The second-order valence-electron chi connectivity index (χ2n) is 4.48. The summed E-state index contributed by atoms with van der Waals surface area (Å²) in [6.45, 7) is 0. The number of aryl methyl sites for hydroxylation is 1. The van der Waals surface area contributed by atoms with E-state index in [1.807, 2.05) is 6.07 Å². The van der Waals surface area contributed by atoms with E-state index in [1.54, 1.807) is 12.1 Å². The third-order valence-corrected chi connectivity index (χ3v) is 3.42. The SMILES string of the molecule is Oc1ccc2cc3c(c(O)c2c1)CCCC3. The largest absolute Gasteiger partial charge is 0.508 e. The molecule has 82 valence electrons. The average Bonchev–Trinajstić information content (AvgIpc) is 2.31. The summed E-state index contributed by atoms with van der Waals surface area (Å²) in [5, 5.41) is 21.4.